The van der Waals surface area contributed by atoms with Crippen LogP contribution in [0, 0.1) is 11.8 Å². The van der Waals surface area contributed by atoms with Gasteiger partial charge in [-0.15, -0.1) is 12.4 Å². The van der Waals surface area contributed by atoms with Gasteiger partial charge in [0.15, 0.2) is 0 Å². The molecule has 0 bridgehead atoms. The van der Waals surface area contributed by atoms with Gasteiger partial charge in [0.1, 0.15) is 10.6 Å². The van der Waals surface area contributed by atoms with E-state index in [0.717, 1.165) is 26.0 Å². The van der Waals surface area contributed by atoms with Crippen molar-refractivity contribution in [2.24, 2.45) is 11.8 Å². The van der Waals surface area contributed by atoms with Gasteiger partial charge in [-0.2, -0.15) is 4.31 Å². The van der Waals surface area contributed by atoms with Gasteiger partial charge >= 0.3 is 0 Å². The molecule has 0 aromatic heterocycles. The molecule has 0 aliphatic carbocycles. The first kappa shape index (κ1) is 21.7. The zero-order valence-electron chi connectivity index (χ0n) is 14.8. The average molecular weight is 425 g/mol. The summed E-state index contributed by atoms with van der Waals surface area (Å²) >= 11 is 6.07. The lowest BCUT2D eigenvalue weighted by atomic mass is 10.1. The van der Waals surface area contributed by atoms with E-state index in [4.69, 9.17) is 21.1 Å². The molecule has 0 radical (unpaired) electrons. The highest BCUT2D eigenvalue weighted by Crippen LogP contribution is 2.33. The lowest BCUT2D eigenvalue weighted by molar-refractivity contribution is 0.166. The van der Waals surface area contributed by atoms with Crippen molar-refractivity contribution in [3.8, 4) is 5.75 Å². The van der Waals surface area contributed by atoms with Gasteiger partial charge in [0.05, 0.1) is 13.2 Å². The molecule has 148 valence electrons. The Bertz CT molecular complexity index is 696. The summed E-state index contributed by atoms with van der Waals surface area (Å²) in [7, 11) is -1.74. The molecule has 2 heterocycles. The number of halogens is 2. The second-order valence-electron chi connectivity index (χ2n) is 6.71. The van der Waals surface area contributed by atoms with Gasteiger partial charge < -0.3 is 14.8 Å². The third-order valence-corrected chi connectivity index (χ3v) is 6.88. The van der Waals surface area contributed by atoms with Crippen molar-refractivity contribution in [1.82, 2.24) is 9.62 Å². The van der Waals surface area contributed by atoms with Crippen LogP contribution in [0.1, 0.15) is 12.8 Å². The van der Waals surface area contributed by atoms with Crippen LogP contribution >= 0.6 is 24.0 Å². The Morgan fingerprint density at radius 2 is 2.15 bits per heavy atom. The molecule has 0 spiro atoms. The van der Waals surface area contributed by atoms with Crippen molar-refractivity contribution in [1.29, 1.82) is 0 Å². The zero-order valence-corrected chi connectivity index (χ0v) is 17.2. The molecule has 2 fully saturated rings. The highest BCUT2D eigenvalue weighted by Gasteiger charge is 2.34. The molecule has 1 aromatic carbocycles. The van der Waals surface area contributed by atoms with Crippen LogP contribution < -0.4 is 10.1 Å². The van der Waals surface area contributed by atoms with E-state index < -0.39 is 10.0 Å². The molecule has 3 rings (SSSR count). The molecule has 6 nitrogen and oxygen atoms in total. The van der Waals surface area contributed by atoms with Crippen LogP contribution in [0.25, 0.3) is 0 Å². The van der Waals surface area contributed by atoms with Crippen molar-refractivity contribution in [2.45, 2.75) is 17.7 Å². The van der Waals surface area contributed by atoms with E-state index in [-0.39, 0.29) is 17.3 Å². The monoisotopic (exact) mass is 424 g/mol. The topological polar surface area (TPSA) is 67.9 Å². The molecule has 2 atom stereocenters. The minimum absolute atomic E-state index is 0. The van der Waals surface area contributed by atoms with Gasteiger partial charge in [0, 0.05) is 30.6 Å². The highest BCUT2D eigenvalue weighted by atomic mass is 35.5. The van der Waals surface area contributed by atoms with E-state index in [2.05, 4.69) is 5.32 Å². The quantitative estimate of drug-likeness (QED) is 0.727. The number of hydrogen-bond donors (Lipinski definition) is 1. The lowest BCUT2D eigenvalue weighted by Gasteiger charge is -2.20. The summed E-state index contributed by atoms with van der Waals surface area (Å²) in [6.07, 6.45) is 1.80. The van der Waals surface area contributed by atoms with Gasteiger partial charge in [-0.3, -0.25) is 0 Å². The maximum atomic E-state index is 13.1. The molecule has 2 aliphatic rings. The van der Waals surface area contributed by atoms with E-state index in [1.54, 1.807) is 12.1 Å². The Labute approximate surface area is 166 Å². The predicted octanol–water partition coefficient (Wildman–Crippen LogP) is 2.41. The van der Waals surface area contributed by atoms with Crippen LogP contribution in [0.5, 0.6) is 5.75 Å². The standard InChI is InChI=1S/C17H25ClN2O4S.ClH/c1-19-9-13-4-6-20(10-13)25(21,22)17-8-15(18)2-3-16(17)24-12-14-5-7-23-11-14;/h2-3,8,13-14,19H,4-7,9-12H2,1H3;1H. The van der Waals surface area contributed by atoms with E-state index >= 15 is 0 Å². The minimum Gasteiger partial charge on any atom is -0.492 e. The predicted molar refractivity (Wildman–Crippen MR) is 104 cm³/mol. The van der Waals surface area contributed by atoms with E-state index in [1.165, 1.54) is 10.4 Å². The van der Waals surface area contributed by atoms with Crippen LogP contribution in [0.15, 0.2) is 23.1 Å². The first-order valence-corrected chi connectivity index (χ1v) is 10.5. The number of rotatable bonds is 7. The van der Waals surface area contributed by atoms with E-state index in [1.807, 2.05) is 7.05 Å². The Morgan fingerprint density at radius 3 is 2.85 bits per heavy atom. The number of nitrogens with one attached hydrogen (secondary N) is 1. The smallest absolute Gasteiger partial charge is 0.246 e. The van der Waals surface area contributed by atoms with Gasteiger partial charge in [-0.05, 0) is 50.6 Å². The normalized spacial score (nSPS) is 23.8. The van der Waals surface area contributed by atoms with Crippen LogP contribution in [-0.4, -0.2) is 59.2 Å². The zero-order chi connectivity index (χ0) is 17.9. The summed E-state index contributed by atoms with van der Waals surface area (Å²) in [5, 5.41) is 3.50. The summed E-state index contributed by atoms with van der Waals surface area (Å²) in [6, 6.07) is 4.80. The number of sulfonamides is 1. The molecule has 26 heavy (non-hydrogen) atoms. The van der Waals surface area contributed by atoms with Crippen LogP contribution in [0.2, 0.25) is 5.02 Å². The largest absolute Gasteiger partial charge is 0.492 e. The van der Waals surface area contributed by atoms with Crippen LogP contribution in [0.3, 0.4) is 0 Å². The molecule has 2 aliphatic heterocycles. The first-order chi connectivity index (χ1) is 12.0. The molecular formula is C17H26Cl2N2O4S. The molecule has 2 saturated heterocycles. The molecular weight excluding hydrogens is 399 g/mol. The molecule has 0 amide bonds. The molecule has 1 aromatic rings. The second kappa shape index (κ2) is 9.57. The molecule has 2 unspecified atom stereocenters. The average Bonchev–Trinajstić information content (AvgIpc) is 3.26. The molecule has 0 saturated carbocycles. The van der Waals surface area contributed by atoms with Crippen molar-refractivity contribution in [3.05, 3.63) is 23.2 Å². The second-order valence-corrected chi connectivity index (χ2v) is 9.05. The van der Waals surface area contributed by atoms with Crippen molar-refractivity contribution in [2.75, 3.05) is 46.5 Å². The summed E-state index contributed by atoms with van der Waals surface area (Å²) in [4.78, 5) is 0.157. The third-order valence-electron chi connectivity index (χ3n) is 4.76. The number of benzene rings is 1. The Hall–Kier alpha value is -0.570. The van der Waals surface area contributed by atoms with Crippen molar-refractivity contribution >= 4 is 34.0 Å². The number of nitrogens with zero attached hydrogens (tertiary/aromatic N) is 1. The minimum atomic E-state index is -3.62. The maximum Gasteiger partial charge on any atom is 0.246 e. The Morgan fingerprint density at radius 1 is 1.35 bits per heavy atom. The lowest BCUT2D eigenvalue weighted by Crippen LogP contribution is -2.31. The Balaban J connectivity index is 0.00000243. The summed E-state index contributed by atoms with van der Waals surface area (Å²) < 4.78 is 38.9. The summed E-state index contributed by atoms with van der Waals surface area (Å²) in [6.45, 7) is 3.70. The van der Waals surface area contributed by atoms with Gasteiger partial charge in [-0.25, -0.2) is 8.42 Å². The highest BCUT2D eigenvalue weighted by molar-refractivity contribution is 7.89. The van der Waals surface area contributed by atoms with Gasteiger partial charge in [0.25, 0.3) is 0 Å². The summed E-state index contributed by atoms with van der Waals surface area (Å²) in [5.74, 6) is 1.00. The molecule has 9 heteroatoms. The first-order valence-electron chi connectivity index (χ1n) is 8.65. The Kier molecular flexibility index (Phi) is 8.00. The van der Waals surface area contributed by atoms with E-state index in [0.29, 0.717) is 48.9 Å². The van der Waals surface area contributed by atoms with E-state index in [9.17, 15) is 8.42 Å². The SMILES string of the molecule is CNCC1CCN(S(=O)(=O)c2cc(Cl)ccc2OCC2CCOC2)C1.Cl. The van der Waals surface area contributed by atoms with Crippen LogP contribution in [-0.2, 0) is 14.8 Å². The van der Waals surface area contributed by atoms with Gasteiger partial charge in [-0.1, -0.05) is 11.6 Å². The summed E-state index contributed by atoms with van der Waals surface area (Å²) in [5.41, 5.74) is 0. The van der Waals surface area contributed by atoms with Crippen molar-refractivity contribution in [3.63, 3.8) is 0 Å². The van der Waals surface area contributed by atoms with Crippen molar-refractivity contribution < 1.29 is 17.9 Å². The fourth-order valence-corrected chi connectivity index (χ4v) is 5.26. The third kappa shape index (κ3) is 5.03. The van der Waals surface area contributed by atoms with Gasteiger partial charge in [0.2, 0.25) is 10.0 Å². The number of hydrogen-bond acceptors (Lipinski definition) is 5. The fraction of sp³-hybridized carbons (Fsp3) is 0.647. The maximum absolute atomic E-state index is 13.1. The molecule has 1 N–H and O–H groups in total. The number of ether oxygens (including phenoxy) is 2. The fourth-order valence-electron chi connectivity index (χ4n) is 3.33. The van der Waals surface area contributed by atoms with Crippen LogP contribution in [0.4, 0.5) is 0 Å².